The molecule has 0 aliphatic carbocycles. The van der Waals surface area contributed by atoms with Gasteiger partial charge >= 0.3 is 0 Å². The first-order chi connectivity index (χ1) is 14.3. The quantitative estimate of drug-likeness (QED) is 0.321. The molecule has 5 nitrogen and oxygen atoms in total. The first-order valence-electron chi connectivity index (χ1n) is 11.7. The highest BCUT2D eigenvalue weighted by Crippen LogP contribution is 2.43. The first kappa shape index (κ1) is 25.0. The molecule has 1 fully saturated rings. The summed E-state index contributed by atoms with van der Waals surface area (Å²) in [5.41, 5.74) is 0.557. The van der Waals surface area contributed by atoms with Crippen molar-refractivity contribution in [1.29, 1.82) is 0 Å². The average Bonchev–Trinajstić information content (AvgIpc) is 2.74. The van der Waals surface area contributed by atoms with E-state index in [1.807, 2.05) is 26.0 Å². The van der Waals surface area contributed by atoms with Gasteiger partial charge in [-0.1, -0.05) is 75.4 Å². The van der Waals surface area contributed by atoms with Crippen molar-refractivity contribution < 1.29 is 14.9 Å². The summed E-state index contributed by atoms with van der Waals surface area (Å²) in [6.45, 7) is 7.83. The predicted molar refractivity (Wildman–Crippen MR) is 122 cm³/mol. The normalized spacial score (nSPS) is 23.4. The molecule has 1 aliphatic heterocycles. The Kier molecular flexibility index (Phi) is 9.45. The molecule has 1 heterocycles. The van der Waals surface area contributed by atoms with Crippen LogP contribution in [0.15, 0.2) is 29.4 Å². The largest absolute Gasteiger partial charge is 0.394 e. The van der Waals surface area contributed by atoms with Gasteiger partial charge in [0.2, 0.25) is 0 Å². The zero-order valence-electron chi connectivity index (χ0n) is 19.3. The molecule has 2 rings (SSSR count). The van der Waals surface area contributed by atoms with Crippen LogP contribution >= 0.6 is 0 Å². The lowest BCUT2D eigenvalue weighted by Crippen LogP contribution is -2.59. The Morgan fingerprint density at radius 2 is 1.70 bits per heavy atom. The number of nitrogens with zero attached hydrogens (tertiary/aromatic N) is 1. The summed E-state index contributed by atoms with van der Waals surface area (Å²) >= 11 is 0. The number of ether oxygens (including phenoxy) is 1. The van der Waals surface area contributed by atoms with Gasteiger partial charge < -0.3 is 14.9 Å². The smallest absolute Gasteiger partial charge is 0.154 e. The van der Waals surface area contributed by atoms with Gasteiger partial charge in [-0.2, -0.15) is 4.91 Å². The highest BCUT2D eigenvalue weighted by molar-refractivity contribution is 5.24. The van der Waals surface area contributed by atoms with Crippen LogP contribution in [0.4, 0.5) is 0 Å². The second-order valence-corrected chi connectivity index (χ2v) is 9.66. The van der Waals surface area contributed by atoms with Crippen LogP contribution in [-0.2, 0) is 17.6 Å². The lowest BCUT2D eigenvalue weighted by molar-refractivity contribution is -0.245. The molecular weight excluding hydrogens is 378 g/mol. The monoisotopic (exact) mass is 419 g/mol. The first-order valence-corrected chi connectivity index (χ1v) is 11.7. The Morgan fingerprint density at radius 3 is 2.23 bits per heavy atom. The van der Waals surface area contributed by atoms with Gasteiger partial charge in [-0.15, -0.1) is 0 Å². The van der Waals surface area contributed by atoms with Crippen molar-refractivity contribution in [3.05, 3.63) is 40.3 Å². The summed E-state index contributed by atoms with van der Waals surface area (Å²) in [6, 6.07) is 8.22. The van der Waals surface area contributed by atoms with Crippen molar-refractivity contribution in [2.45, 2.75) is 109 Å². The van der Waals surface area contributed by atoms with E-state index in [0.717, 1.165) is 12.0 Å². The minimum Gasteiger partial charge on any atom is -0.394 e. The van der Waals surface area contributed by atoms with Gasteiger partial charge in [-0.05, 0) is 37.8 Å². The lowest BCUT2D eigenvalue weighted by Gasteiger charge is -2.52. The Labute approximate surface area is 182 Å². The van der Waals surface area contributed by atoms with Gasteiger partial charge in [0.1, 0.15) is 0 Å². The van der Waals surface area contributed by atoms with Crippen LogP contribution in [0, 0.1) is 10.8 Å². The Hall–Kier alpha value is -1.30. The van der Waals surface area contributed by atoms with E-state index in [1.54, 1.807) is 0 Å². The fourth-order valence-corrected chi connectivity index (χ4v) is 4.34. The molecular formula is C25H41NO4. The van der Waals surface area contributed by atoms with Crippen LogP contribution in [0.25, 0.3) is 0 Å². The zero-order chi connectivity index (χ0) is 22.2. The van der Waals surface area contributed by atoms with E-state index in [4.69, 9.17) is 4.74 Å². The number of aliphatic hydroxyl groups excluding tert-OH is 2. The number of nitroso groups, excluding NO2 is 1. The molecule has 2 unspecified atom stereocenters. The highest BCUT2D eigenvalue weighted by Gasteiger charge is 2.51. The summed E-state index contributed by atoms with van der Waals surface area (Å²) in [5.74, 6) is 0.235. The Balaban J connectivity index is 1.88. The molecule has 0 aromatic heterocycles. The minimum absolute atomic E-state index is 0.181. The SMILES string of the molecule is CCCCCCCCc1ccc(CC(O)C(CO)(C[C@H]2OC(C)(C)[C@@H]2C)N=O)cc1. The van der Waals surface area contributed by atoms with Crippen LogP contribution in [0.3, 0.4) is 0 Å². The highest BCUT2D eigenvalue weighted by atomic mass is 16.5. The van der Waals surface area contributed by atoms with E-state index in [1.165, 1.54) is 44.1 Å². The average molecular weight is 420 g/mol. The van der Waals surface area contributed by atoms with Gasteiger partial charge in [-0.25, -0.2) is 0 Å². The van der Waals surface area contributed by atoms with Crippen molar-refractivity contribution in [2.75, 3.05) is 6.61 Å². The molecule has 0 spiro atoms. The van der Waals surface area contributed by atoms with E-state index in [0.29, 0.717) is 0 Å². The van der Waals surface area contributed by atoms with Gasteiger partial charge in [-0.3, -0.25) is 0 Å². The maximum absolute atomic E-state index is 11.7. The molecule has 1 aliphatic rings. The molecule has 2 N–H and O–H groups in total. The van der Waals surface area contributed by atoms with Gasteiger partial charge in [0.25, 0.3) is 0 Å². The zero-order valence-corrected chi connectivity index (χ0v) is 19.3. The van der Waals surface area contributed by atoms with Crippen molar-refractivity contribution in [3.8, 4) is 0 Å². The Morgan fingerprint density at radius 1 is 1.10 bits per heavy atom. The van der Waals surface area contributed by atoms with Crippen molar-refractivity contribution in [1.82, 2.24) is 0 Å². The molecule has 0 saturated carbocycles. The van der Waals surface area contributed by atoms with Gasteiger partial charge in [0.15, 0.2) is 5.54 Å². The molecule has 0 radical (unpaired) electrons. The van der Waals surface area contributed by atoms with Gasteiger partial charge in [0, 0.05) is 18.8 Å². The predicted octanol–water partition coefficient (Wildman–Crippen LogP) is 5.19. The van der Waals surface area contributed by atoms with E-state index < -0.39 is 18.2 Å². The second-order valence-electron chi connectivity index (χ2n) is 9.66. The maximum atomic E-state index is 11.7. The van der Waals surface area contributed by atoms with Crippen LogP contribution in [-0.4, -0.2) is 40.2 Å². The number of unbranched alkanes of at least 4 members (excludes halogenated alkanes) is 5. The molecule has 0 amide bonds. The summed E-state index contributed by atoms with van der Waals surface area (Å²) in [4.78, 5) is 11.7. The van der Waals surface area contributed by atoms with Gasteiger partial charge in [0.05, 0.1) is 24.4 Å². The third-order valence-electron chi connectivity index (χ3n) is 7.01. The topological polar surface area (TPSA) is 79.1 Å². The fraction of sp³-hybridized carbons (Fsp3) is 0.760. The molecule has 5 heteroatoms. The van der Waals surface area contributed by atoms with E-state index in [-0.39, 0.29) is 30.5 Å². The second kappa shape index (κ2) is 11.4. The van der Waals surface area contributed by atoms with Crippen LogP contribution in [0.1, 0.15) is 83.8 Å². The summed E-state index contributed by atoms with van der Waals surface area (Å²) in [7, 11) is 0. The maximum Gasteiger partial charge on any atom is 0.154 e. The van der Waals surface area contributed by atoms with Crippen LogP contribution in [0.5, 0.6) is 0 Å². The number of hydrogen-bond donors (Lipinski definition) is 2. The summed E-state index contributed by atoms with van der Waals surface area (Å²) in [5, 5.41) is 23.9. The van der Waals surface area contributed by atoms with Crippen molar-refractivity contribution in [3.63, 3.8) is 0 Å². The van der Waals surface area contributed by atoms with Crippen LogP contribution in [0.2, 0.25) is 0 Å². The summed E-state index contributed by atoms with van der Waals surface area (Å²) in [6.07, 6.45) is 8.05. The lowest BCUT2D eigenvalue weighted by atomic mass is 9.74. The summed E-state index contributed by atoms with van der Waals surface area (Å²) < 4.78 is 5.86. The number of rotatable bonds is 14. The minimum atomic E-state index is -1.44. The fourth-order valence-electron chi connectivity index (χ4n) is 4.34. The molecule has 0 bridgehead atoms. The standard InChI is InChI=1S/C25H41NO4/c1-5-6-7-8-9-10-11-20-12-14-21(15-13-20)16-23(28)25(18-27,26-29)17-22-19(2)24(3,4)30-22/h12-15,19,22-23,27-28H,5-11,16-18H2,1-4H3/t19-,22-,23?,25?/m1/s1. The Bertz CT molecular complexity index is 645. The molecule has 1 aromatic rings. The molecule has 4 atom stereocenters. The third-order valence-corrected chi connectivity index (χ3v) is 7.01. The van der Waals surface area contributed by atoms with E-state index in [2.05, 4.69) is 31.2 Å². The number of aryl methyl sites for hydroxylation is 1. The molecule has 1 aromatic carbocycles. The van der Waals surface area contributed by atoms with Crippen molar-refractivity contribution in [2.24, 2.45) is 11.1 Å². The third kappa shape index (κ3) is 6.35. The number of benzene rings is 1. The molecule has 170 valence electrons. The number of aliphatic hydroxyl groups is 2. The van der Waals surface area contributed by atoms with E-state index in [9.17, 15) is 15.1 Å². The van der Waals surface area contributed by atoms with Crippen LogP contribution < -0.4 is 0 Å². The molecule has 1 saturated heterocycles. The van der Waals surface area contributed by atoms with Crippen molar-refractivity contribution >= 4 is 0 Å². The number of hydrogen-bond acceptors (Lipinski definition) is 5. The van der Waals surface area contributed by atoms with E-state index >= 15 is 0 Å². The molecule has 30 heavy (non-hydrogen) atoms.